The van der Waals surface area contributed by atoms with Gasteiger partial charge in [0.15, 0.2) is 0 Å². The summed E-state index contributed by atoms with van der Waals surface area (Å²) in [5, 5.41) is 3.02. The van der Waals surface area contributed by atoms with Crippen molar-refractivity contribution >= 4 is 16.9 Å². The monoisotopic (exact) mass is 308 g/mol. The molecule has 5 nitrogen and oxygen atoms in total. The minimum atomic E-state index is -0.0794. The minimum Gasteiger partial charge on any atom is -0.350 e. The Balaban J connectivity index is 1.71. The highest BCUT2D eigenvalue weighted by molar-refractivity contribution is 5.97. The molecule has 5 heteroatoms. The number of benzene rings is 2. The second kappa shape index (κ2) is 6.62. The van der Waals surface area contributed by atoms with Crippen LogP contribution in [-0.2, 0) is 0 Å². The number of carbonyl (C=O) groups excluding carboxylic acids is 1. The molecule has 2 aromatic carbocycles. The van der Waals surface area contributed by atoms with E-state index in [2.05, 4.69) is 32.3 Å². The summed E-state index contributed by atoms with van der Waals surface area (Å²) in [5.74, 6) is -0.0794. The number of aromatic amines is 1. The molecule has 0 saturated carbocycles. The largest absolute Gasteiger partial charge is 0.350 e. The van der Waals surface area contributed by atoms with Crippen molar-refractivity contribution in [2.75, 3.05) is 20.6 Å². The molecule has 1 amide bonds. The summed E-state index contributed by atoms with van der Waals surface area (Å²) in [6.07, 6.45) is 1.63. The van der Waals surface area contributed by atoms with Crippen LogP contribution in [0.5, 0.6) is 0 Å². The molecule has 0 bridgehead atoms. The summed E-state index contributed by atoms with van der Waals surface area (Å²) in [7, 11) is 4.03. The van der Waals surface area contributed by atoms with Gasteiger partial charge in [-0.2, -0.15) is 0 Å². The van der Waals surface area contributed by atoms with E-state index >= 15 is 0 Å². The standard InChI is InChI=1S/C18H20N4O/c1-22(2)17(13-6-4-3-5-7-13)11-19-18(23)14-8-9-15-16(10-14)21-12-20-15/h3-10,12,17H,11H2,1-2H3,(H,19,23)(H,20,21)/t17-/m1/s1. The number of imidazole rings is 1. The maximum absolute atomic E-state index is 12.4. The van der Waals surface area contributed by atoms with Gasteiger partial charge >= 0.3 is 0 Å². The zero-order valence-corrected chi connectivity index (χ0v) is 13.3. The van der Waals surface area contributed by atoms with Crippen LogP contribution in [0.25, 0.3) is 11.0 Å². The number of fused-ring (bicyclic) bond motifs is 1. The van der Waals surface area contributed by atoms with Crippen molar-refractivity contribution in [2.24, 2.45) is 0 Å². The van der Waals surface area contributed by atoms with Gasteiger partial charge in [0.05, 0.1) is 23.4 Å². The van der Waals surface area contributed by atoms with Crippen molar-refractivity contribution < 1.29 is 4.79 Å². The molecule has 0 aliphatic carbocycles. The van der Waals surface area contributed by atoms with Gasteiger partial charge in [-0.3, -0.25) is 4.79 Å². The van der Waals surface area contributed by atoms with Gasteiger partial charge in [-0.05, 0) is 37.9 Å². The number of aromatic nitrogens is 2. The average molecular weight is 308 g/mol. The van der Waals surface area contributed by atoms with Crippen molar-refractivity contribution in [1.82, 2.24) is 20.2 Å². The van der Waals surface area contributed by atoms with Crippen LogP contribution in [0.4, 0.5) is 0 Å². The molecule has 1 heterocycles. The number of nitrogens with zero attached hydrogens (tertiary/aromatic N) is 2. The van der Waals surface area contributed by atoms with Gasteiger partial charge in [0.2, 0.25) is 0 Å². The number of hydrogen-bond acceptors (Lipinski definition) is 3. The first kappa shape index (κ1) is 15.2. The molecule has 3 rings (SSSR count). The van der Waals surface area contributed by atoms with Crippen molar-refractivity contribution in [3.05, 3.63) is 66.0 Å². The highest BCUT2D eigenvalue weighted by Crippen LogP contribution is 2.17. The molecule has 0 radical (unpaired) electrons. The third-order valence-corrected chi connectivity index (χ3v) is 3.95. The number of hydrogen-bond donors (Lipinski definition) is 2. The first-order chi connectivity index (χ1) is 11.1. The van der Waals surface area contributed by atoms with E-state index < -0.39 is 0 Å². The number of amides is 1. The molecule has 0 saturated heterocycles. The summed E-state index contributed by atoms with van der Waals surface area (Å²) >= 11 is 0. The van der Waals surface area contributed by atoms with Crippen molar-refractivity contribution in [3.63, 3.8) is 0 Å². The molecular weight excluding hydrogens is 288 g/mol. The van der Waals surface area contributed by atoms with E-state index in [-0.39, 0.29) is 11.9 Å². The van der Waals surface area contributed by atoms with Gasteiger partial charge in [0.1, 0.15) is 0 Å². The molecule has 1 atom stereocenters. The Morgan fingerprint density at radius 2 is 2.00 bits per heavy atom. The van der Waals surface area contributed by atoms with Crippen LogP contribution in [-0.4, -0.2) is 41.4 Å². The molecule has 0 unspecified atom stereocenters. The lowest BCUT2D eigenvalue weighted by Crippen LogP contribution is -2.34. The van der Waals surface area contributed by atoms with E-state index in [0.717, 1.165) is 11.0 Å². The summed E-state index contributed by atoms with van der Waals surface area (Å²) in [4.78, 5) is 21.7. The smallest absolute Gasteiger partial charge is 0.251 e. The summed E-state index contributed by atoms with van der Waals surface area (Å²) in [5.41, 5.74) is 3.54. The zero-order chi connectivity index (χ0) is 16.2. The Hall–Kier alpha value is -2.66. The lowest BCUT2D eigenvalue weighted by atomic mass is 10.1. The second-order valence-electron chi connectivity index (χ2n) is 5.73. The van der Waals surface area contributed by atoms with E-state index in [9.17, 15) is 4.79 Å². The fourth-order valence-electron chi connectivity index (χ4n) is 2.64. The lowest BCUT2D eigenvalue weighted by Gasteiger charge is -2.25. The Bertz CT molecular complexity index is 795. The maximum Gasteiger partial charge on any atom is 0.251 e. The second-order valence-corrected chi connectivity index (χ2v) is 5.73. The molecule has 23 heavy (non-hydrogen) atoms. The van der Waals surface area contributed by atoms with Crippen molar-refractivity contribution in [2.45, 2.75) is 6.04 Å². The molecule has 0 fully saturated rings. The van der Waals surface area contributed by atoms with Crippen LogP contribution < -0.4 is 5.32 Å². The highest BCUT2D eigenvalue weighted by atomic mass is 16.1. The molecule has 0 spiro atoms. The minimum absolute atomic E-state index is 0.0794. The Morgan fingerprint density at radius 3 is 2.74 bits per heavy atom. The first-order valence-corrected chi connectivity index (χ1v) is 7.58. The third-order valence-electron chi connectivity index (χ3n) is 3.95. The van der Waals surface area contributed by atoms with Crippen LogP contribution in [0.15, 0.2) is 54.9 Å². The van der Waals surface area contributed by atoms with E-state index in [4.69, 9.17) is 0 Å². The summed E-state index contributed by atoms with van der Waals surface area (Å²) in [6, 6.07) is 15.8. The molecule has 0 aliphatic rings. The van der Waals surface area contributed by atoms with Crippen LogP contribution in [0.3, 0.4) is 0 Å². The topological polar surface area (TPSA) is 61.0 Å². The maximum atomic E-state index is 12.4. The number of likely N-dealkylation sites (N-methyl/N-ethyl adjacent to an activating group) is 1. The van der Waals surface area contributed by atoms with Gasteiger partial charge in [-0.15, -0.1) is 0 Å². The van der Waals surface area contributed by atoms with Gasteiger partial charge in [0, 0.05) is 12.1 Å². The normalized spacial score (nSPS) is 12.5. The van der Waals surface area contributed by atoms with Gasteiger partial charge in [0.25, 0.3) is 5.91 Å². The van der Waals surface area contributed by atoms with E-state index in [1.807, 2.05) is 44.4 Å². The van der Waals surface area contributed by atoms with Crippen LogP contribution in [0.2, 0.25) is 0 Å². The molecule has 0 aliphatic heterocycles. The predicted octanol–water partition coefficient (Wildman–Crippen LogP) is 2.60. The lowest BCUT2D eigenvalue weighted by molar-refractivity contribution is 0.0942. The van der Waals surface area contributed by atoms with Crippen molar-refractivity contribution in [1.29, 1.82) is 0 Å². The molecule has 118 valence electrons. The molecule has 1 aromatic heterocycles. The third kappa shape index (κ3) is 3.40. The molecule has 3 aromatic rings. The van der Waals surface area contributed by atoms with Gasteiger partial charge in [-0.1, -0.05) is 30.3 Å². The average Bonchev–Trinajstić information content (AvgIpc) is 3.03. The van der Waals surface area contributed by atoms with Gasteiger partial charge < -0.3 is 15.2 Å². The first-order valence-electron chi connectivity index (χ1n) is 7.58. The number of H-pyrrole nitrogens is 1. The van der Waals surface area contributed by atoms with Crippen LogP contribution in [0.1, 0.15) is 22.0 Å². The summed E-state index contributed by atoms with van der Waals surface area (Å²) < 4.78 is 0. The van der Waals surface area contributed by atoms with Crippen LogP contribution in [0, 0.1) is 0 Å². The number of carbonyl (C=O) groups is 1. The summed E-state index contributed by atoms with van der Waals surface area (Å²) in [6.45, 7) is 0.552. The Labute approximate surface area is 135 Å². The van der Waals surface area contributed by atoms with E-state index in [0.29, 0.717) is 12.1 Å². The molecule has 2 N–H and O–H groups in total. The zero-order valence-electron chi connectivity index (χ0n) is 13.3. The highest BCUT2D eigenvalue weighted by Gasteiger charge is 2.15. The number of rotatable bonds is 5. The van der Waals surface area contributed by atoms with Gasteiger partial charge in [-0.25, -0.2) is 4.98 Å². The fraction of sp³-hybridized carbons (Fsp3) is 0.222. The van der Waals surface area contributed by atoms with E-state index in [1.165, 1.54) is 5.56 Å². The molecular formula is C18H20N4O. The quantitative estimate of drug-likeness (QED) is 0.761. The number of nitrogens with one attached hydrogen (secondary N) is 2. The van der Waals surface area contributed by atoms with Crippen LogP contribution >= 0.6 is 0 Å². The fourth-order valence-corrected chi connectivity index (χ4v) is 2.64. The Morgan fingerprint density at radius 1 is 1.22 bits per heavy atom. The van der Waals surface area contributed by atoms with E-state index in [1.54, 1.807) is 12.4 Å². The predicted molar refractivity (Wildman–Crippen MR) is 91.3 cm³/mol. The Kier molecular flexibility index (Phi) is 4.39. The SMILES string of the molecule is CN(C)[C@H](CNC(=O)c1ccc2nc[nH]c2c1)c1ccccc1. The van der Waals surface area contributed by atoms with Crippen molar-refractivity contribution in [3.8, 4) is 0 Å².